The predicted octanol–water partition coefficient (Wildman–Crippen LogP) is 6.76. The van der Waals surface area contributed by atoms with Crippen molar-refractivity contribution in [1.29, 1.82) is 0 Å². The fraction of sp³-hybridized carbons (Fsp3) is 0.500. The molecule has 3 rings (SSSR count). The fourth-order valence-corrected chi connectivity index (χ4v) is 3.87. The molecule has 0 aromatic heterocycles. The average molecular weight is 406 g/mol. The fourth-order valence-electron chi connectivity index (χ4n) is 3.87. The van der Waals surface area contributed by atoms with E-state index in [1.807, 2.05) is 6.92 Å². The maximum absolute atomic E-state index is 14.8. The molecule has 0 radical (unpaired) electrons. The van der Waals surface area contributed by atoms with Crippen LogP contribution in [0.15, 0.2) is 30.3 Å². The molecule has 2 nitrogen and oxygen atoms in total. The van der Waals surface area contributed by atoms with E-state index < -0.39 is 23.6 Å². The van der Waals surface area contributed by atoms with Crippen LogP contribution in [0.1, 0.15) is 63.2 Å². The zero-order chi connectivity index (χ0) is 20.8. The standard InChI is InChI=1S/C24H29F3O2/c1-3-5-6-7-16-8-10-18(21(25)14-16)19-11-12-20(24(27)23(19)26)22-13-9-17(15-29-22)28-4-2/h8,10-12,14,17,22H,3-7,9,13,15H2,1-2H3. The van der Waals surface area contributed by atoms with Crippen LogP contribution in [0, 0.1) is 17.5 Å². The third-order valence-corrected chi connectivity index (χ3v) is 5.49. The molecule has 1 aliphatic rings. The highest BCUT2D eigenvalue weighted by molar-refractivity contribution is 5.66. The number of halogens is 3. The molecule has 158 valence electrons. The Kier molecular flexibility index (Phi) is 7.73. The van der Waals surface area contributed by atoms with Crippen LogP contribution in [0.4, 0.5) is 13.2 Å². The molecule has 1 aliphatic heterocycles. The minimum Gasteiger partial charge on any atom is -0.376 e. The number of unbranched alkanes of at least 4 members (excludes halogenated alkanes) is 2. The number of benzene rings is 2. The van der Waals surface area contributed by atoms with Gasteiger partial charge in [0.05, 0.1) is 18.8 Å². The number of rotatable bonds is 8. The van der Waals surface area contributed by atoms with Gasteiger partial charge in [0.1, 0.15) is 5.82 Å². The van der Waals surface area contributed by atoms with E-state index in [2.05, 4.69) is 6.92 Å². The van der Waals surface area contributed by atoms with Gasteiger partial charge in [0, 0.05) is 23.3 Å². The largest absolute Gasteiger partial charge is 0.376 e. The molecule has 1 fully saturated rings. The number of aryl methyl sites for hydroxylation is 1. The summed E-state index contributed by atoms with van der Waals surface area (Å²) in [4.78, 5) is 0. The van der Waals surface area contributed by atoms with E-state index >= 15 is 0 Å². The summed E-state index contributed by atoms with van der Waals surface area (Å²) in [5.74, 6) is -2.53. The molecular formula is C24H29F3O2. The predicted molar refractivity (Wildman–Crippen MR) is 108 cm³/mol. The third-order valence-electron chi connectivity index (χ3n) is 5.49. The first-order valence-electron chi connectivity index (χ1n) is 10.5. The van der Waals surface area contributed by atoms with Gasteiger partial charge in [-0.25, -0.2) is 13.2 Å². The van der Waals surface area contributed by atoms with E-state index in [9.17, 15) is 13.2 Å². The van der Waals surface area contributed by atoms with Gasteiger partial charge in [-0.2, -0.15) is 0 Å². The summed E-state index contributed by atoms with van der Waals surface area (Å²) in [6, 6.07) is 7.71. The second kappa shape index (κ2) is 10.3. The normalized spacial score (nSPS) is 19.5. The maximum atomic E-state index is 14.8. The minimum atomic E-state index is -1.03. The molecule has 2 aromatic rings. The highest BCUT2D eigenvalue weighted by Crippen LogP contribution is 2.35. The van der Waals surface area contributed by atoms with Gasteiger partial charge in [-0.1, -0.05) is 44.0 Å². The lowest BCUT2D eigenvalue weighted by Crippen LogP contribution is -2.28. The zero-order valence-corrected chi connectivity index (χ0v) is 17.1. The third kappa shape index (κ3) is 5.20. The zero-order valence-electron chi connectivity index (χ0n) is 17.1. The van der Waals surface area contributed by atoms with Crippen molar-refractivity contribution in [2.75, 3.05) is 13.2 Å². The van der Waals surface area contributed by atoms with Gasteiger partial charge in [-0.3, -0.25) is 0 Å². The SMILES string of the molecule is CCCCCc1ccc(-c2ccc(C3CCC(OCC)CO3)c(F)c2F)c(F)c1. The smallest absolute Gasteiger partial charge is 0.167 e. The van der Waals surface area contributed by atoms with Gasteiger partial charge in [-0.15, -0.1) is 0 Å². The quantitative estimate of drug-likeness (QED) is 0.451. The Bertz CT molecular complexity index is 814. The highest BCUT2D eigenvalue weighted by Gasteiger charge is 2.27. The van der Waals surface area contributed by atoms with E-state index in [1.54, 1.807) is 6.07 Å². The second-order valence-corrected chi connectivity index (χ2v) is 7.58. The van der Waals surface area contributed by atoms with Crippen LogP contribution >= 0.6 is 0 Å². The van der Waals surface area contributed by atoms with Crippen LogP contribution < -0.4 is 0 Å². The molecule has 0 amide bonds. The molecule has 0 bridgehead atoms. The lowest BCUT2D eigenvalue weighted by Gasteiger charge is -2.29. The first kappa shape index (κ1) is 21.8. The monoisotopic (exact) mass is 406 g/mol. The Hall–Kier alpha value is -1.85. The molecular weight excluding hydrogens is 377 g/mol. The lowest BCUT2D eigenvalue weighted by atomic mass is 9.95. The van der Waals surface area contributed by atoms with Crippen molar-refractivity contribution in [3.8, 4) is 11.1 Å². The molecule has 0 N–H and O–H groups in total. The van der Waals surface area contributed by atoms with Crippen molar-refractivity contribution in [1.82, 2.24) is 0 Å². The van der Waals surface area contributed by atoms with Gasteiger partial charge in [0.25, 0.3) is 0 Å². The molecule has 1 saturated heterocycles. The number of hydrogen-bond acceptors (Lipinski definition) is 2. The Morgan fingerprint density at radius 3 is 2.41 bits per heavy atom. The van der Waals surface area contributed by atoms with E-state index in [4.69, 9.17) is 9.47 Å². The topological polar surface area (TPSA) is 18.5 Å². The van der Waals surface area contributed by atoms with E-state index in [1.165, 1.54) is 24.3 Å². The van der Waals surface area contributed by atoms with Crippen LogP contribution in [-0.4, -0.2) is 19.3 Å². The minimum absolute atomic E-state index is 0.00614. The van der Waals surface area contributed by atoms with Gasteiger partial charge in [0.15, 0.2) is 11.6 Å². The van der Waals surface area contributed by atoms with Crippen LogP contribution in [0.25, 0.3) is 11.1 Å². The molecule has 2 aromatic carbocycles. The Labute approximate surface area is 171 Å². The van der Waals surface area contributed by atoms with Crippen molar-refractivity contribution in [2.45, 2.75) is 64.6 Å². The Balaban J connectivity index is 1.77. The Morgan fingerprint density at radius 2 is 1.76 bits per heavy atom. The molecule has 29 heavy (non-hydrogen) atoms. The molecule has 2 unspecified atom stereocenters. The molecule has 5 heteroatoms. The summed E-state index contributed by atoms with van der Waals surface area (Å²) < 4.78 is 55.4. The molecule has 0 aliphatic carbocycles. The van der Waals surface area contributed by atoms with E-state index in [0.717, 1.165) is 37.7 Å². The first-order chi connectivity index (χ1) is 14.0. The van der Waals surface area contributed by atoms with Crippen molar-refractivity contribution < 1.29 is 22.6 Å². The summed E-state index contributed by atoms with van der Waals surface area (Å²) in [5.41, 5.74) is 1.06. The summed E-state index contributed by atoms with van der Waals surface area (Å²) in [7, 11) is 0. The maximum Gasteiger partial charge on any atom is 0.167 e. The summed E-state index contributed by atoms with van der Waals surface area (Å²) >= 11 is 0. The van der Waals surface area contributed by atoms with Crippen LogP contribution in [0.2, 0.25) is 0 Å². The van der Waals surface area contributed by atoms with Crippen molar-refractivity contribution >= 4 is 0 Å². The van der Waals surface area contributed by atoms with Crippen molar-refractivity contribution in [3.63, 3.8) is 0 Å². The molecule has 2 atom stereocenters. The van der Waals surface area contributed by atoms with Crippen molar-refractivity contribution in [2.24, 2.45) is 0 Å². The lowest BCUT2D eigenvalue weighted by molar-refractivity contribution is -0.0850. The number of hydrogen-bond donors (Lipinski definition) is 0. The average Bonchev–Trinajstić information content (AvgIpc) is 2.72. The first-order valence-corrected chi connectivity index (χ1v) is 10.5. The van der Waals surface area contributed by atoms with Gasteiger partial charge in [0.2, 0.25) is 0 Å². The summed E-state index contributed by atoms with van der Waals surface area (Å²) in [5, 5.41) is 0. The van der Waals surface area contributed by atoms with E-state index in [-0.39, 0.29) is 22.8 Å². The van der Waals surface area contributed by atoms with Crippen LogP contribution in [0.3, 0.4) is 0 Å². The van der Waals surface area contributed by atoms with Crippen LogP contribution in [0.5, 0.6) is 0 Å². The number of ether oxygens (including phenoxy) is 2. The van der Waals surface area contributed by atoms with E-state index in [0.29, 0.717) is 19.6 Å². The second-order valence-electron chi connectivity index (χ2n) is 7.58. The highest BCUT2D eigenvalue weighted by atomic mass is 19.2. The van der Waals surface area contributed by atoms with Gasteiger partial charge in [-0.05, 0) is 44.2 Å². The van der Waals surface area contributed by atoms with Gasteiger partial charge >= 0.3 is 0 Å². The van der Waals surface area contributed by atoms with Crippen LogP contribution in [-0.2, 0) is 15.9 Å². The molecule has 0 spiro atoms. The van der Waals surface area contributed by atoms with Gasteiger partial charge < -0.3 is 9.47 Å². The molecule has 1 heterocycles. The summed E-state index contributed by atoms with van der Waals surface area (Å²) in [6.45, 7) is 4.98. The summed E-state index contributed by atoms with van der Waals surface area (Å²) in [6.07, 6.45) is 4.71. The Morgan fingerprint density at radius 1 is 0.966 bits per heavy atom. The van der Waals surface area contributed by atoms with Crippen molar-refractivity contribution in [3.05, 3.63) is 58.9 Å². The molecule has 0 saturated carbocycles.